The molecule has 3 fully saturated rings. The normalized spacial score (nSPS) is 19.2. The van der Waals surface area contributed by atoms with Crippen molar-refractivity contribution in [1.82, 2.24) is 14.8 Å². The van der Waals surface area contributed by atoms with Crippen LogP contribution in [0.3, 0.4) is 0 Å². The van der Waals surface area contributed by atoms with Gasteiger partial charge in [0.05, 0.1) is 5.69 Å². The largest absolute Gasteiger partial charge is 0.573 e. The number of carbonyl (C=O) groups is 2. The molecule has 0 aliphatic carbocycles. The Morgan fingerprint density at radius 3 is 2.22 bits per heavy atom. The summed E-state index contributed by atoms with van der Waals surface area (Å²) in [4.78, 5) is 40.4. The van der Waals surface area contributed by atoms with Gasteiger partial charge in [-0.2, -0.15) is 0 Å². The topological polar surface area (TPSA) is 95.9 Å². The van der Waals surface area contributed by atoms with E-state index in [0.29, 0.717) is 51.7 Å². The number of alkyl halides is 3. The molecule has 2 amide bonds. The fraction of sp³-hybridized carbons (Fsp3) is 0.439. The second-order valence-corrected chi connectivity index (χ2v) is 15.1. The first-order chi connectivity index (χ1) is 26.3. The molecule has 0 saturated carbocycles. The van der Waals surface area contributed by atoms with Gasteiger partial charge in [-0.25, -0.2) is 8.78 Å². The van der Waals surface area contributed by atoms with Crippen molar-refractivity contribution in [3.63, 3.8) is 0 Å². The average molecular weight is 766 g/mol. The summed E-state index contributed by atoms with van der Waals surface area (Å²) in [5, 5.41) is 5.90. The van der Waals surface area contributed by atoms with Crippen LogP contribution in [0.4, 0.5) is 33.3 Å². The Morgan fingerprint density at radius 2 is 1.55 bits per heavy atom. The number of aromatic nitrogens is 1. The number of imide groups is 1. The van der Waals surface area contributed by atoms with Crippen molar-refractivity contribution < 1.29 is 36.3 Å². The van der Waals surface area contributed by atoms with Gasteiger partial charge in [0, 0.05) is 61.5 Å². The fourth-order valence-electron chi connectivity index (χ4n) is 8.23. The van der Waals surface area contributed by atoms with Gasteiger partial charge in [-0.1, -0.05) is 25.0 Å². The van der Waals surface area contributed by atoms with Gasteiger partial charge in [0.2, 0.25) is 11.8 Å². The average Bonchev–Trinajstić information content (AvgIpc) is 3.14. The van der Waals surface area contributed by atoms with E-state index in [9.17, 15) is 31.9 Å². The van der Waals surface area contributed by atoms with Crippen LogP contribution >= 0.6 is 0 Å². The van der Waals surface area contributed by atoms with Crippen molar-refractivity contribution in [3.8, 4) is 16.9 Å². The lowest BCUT2D eigenvalue weighted by molar-refractivity contribution is -0.275. The van der Waals surface area contributed by atoms with Crippen molar-refractivity contribution in [2.45, 2.75) is 70.3 Å². The molecule has 3 aliphatic heterocycles. The lowest BCUT2D eigenvalue weighted by atomic mass is 9.85. The number of hydrogen-bond acceptors (Lipinski definition) is 7. The van der Waals surface area contributed by atoms with Gasteiger partial charge in [-0.15, -0.1) is 13.2 Å². The molecule has 1 atom stereocenters. The molecule has 292 valence electrons. The van der Waals surface area contributed by atoms with Crippen LogP contribution in [0, 0.1) is 23.5 Å². The van der Waals surface area contributed by atoms with E-state index in [0.717, 1.165) is 64.7 Å². The zero-order chi connectivity index (χ0) is 38.9. The summed E-state index contributed by atoms with van der Waals surface area (Å²) >= 11 is 0. The molecule has 4 heterocycles. The number of likely N-dealkylation sites (tertiary alicyclic amines) is 1. The SMILES string of the molecule is Cn1cc(-c2ccc(CN3CCC(CCC4CCN(c5ccc(NC6CCC(=O)NC6=O)cc5F)CC4)CC3)c(OC(F)(F)F)c2)c2cc(F)ccc2c1=O. The lowest BCUT2D eigenvalue weighted by Gasteiger charge is -2.36. The van der Waals surface area contributed by atoms with E-state index in [1.165, 1.54) is 41.1 Å². The molecule has 0 radical (unpaired) electrons. The number of hydrogen-bond donors (Lipinski definition) is 2. The quantitative estimate of drug-likeness (QED) is 0.128. The van der Waals surface area contributed by atoms with Gasteiger partial charge < -0.3 is 19.5 Å². The van der Waals surface area contributed by atoms with E-state index in [4.69, 9.17) is 0 Å². The van der Waals surface area contributed by atoms with E-state index in [-0.39, 0.29) is 41.4 Å². The number of rotatable bonds is 10. The number of halogens is 5. The minimum absolute atomic E-state index is 0.241. The number of nitrogens with zero attached hydrogens (tertiary/aromatic N) is 3. The zero-order valence-corrected chi connectivity index (χ0v) is 30.6. The standard InChI is InChI=1S/C41H44F5N5O4/c1-49-24-33(32-21-29(42)6-8-31(32)40(49)54)27-4-5-28(37(20-27)55-41(44,45)46)23-50-16-12-25(13-17-50)2-3-26-14-18-51(19-15-26)36-10-7-30(22-34(36)43)47-35-9-11-38(52)48-39(35)53/h4-8,10,20-22,24-26,35,47H,2-3,9,11-19,23H2,1H3,(H,48,52,53). The summed E-state index contributed by atoms with van der Waals surface area (Å²) in [6.45, 7) is 3.26. The summed E-state index contributed by atoms with van der Waals surface area (Å²) in [7, 11) is 1.54. The van der Waals surface area contributed by atoms with Crippen LogP contribution in [0.2, 0.25) is 0 Å². The molecule has 7 rings (SSSR count). The zero-order valence-electron chi connectivity index (χ0n) is 30.6. The van der Waals surface area contributed by atoms with Crippen molar-refractivity contribution in [2.24, 2.45) is 18.9 Å². The Bertz CT molecular complexity index is 2120. The number of amides is 2. The van der Waals surface area contributed by atoms with Gasteiger partial charge in [0.15, 0.2) is 0 Å². The fourth-order valence-corrected chi connectivity index (χ4v) is 8.23. The Morgan fingerprint density at radius 1 is 0.836 bits per heavy atom. The Balaban J connectivity index is 0.907. The van der Waals surface area contributed by atoms with Crippen molar-refractivity contribution in [2.75, 3.05) is 36.4 Å². The van der Waals surface area contributed by atoms with Crippen LogP contribution in [0.5, 0.6) is 5.75 Å². The summed E-state index contributed by atoms with van der Waals surface area (Å²) < 4.78 is 76.0. The van der Waals surface area contributed by atoms with Crippen LogP contribution in [0.1, 0.15) is 56.9 Å². The molecular weight excluding hydrogens is 721 g/mol. The van der Waals surface area contributed by atoms with Gasteiger partial charge in [-0.05, 0) is 110 Å². The van der Waals surface area contributed by atoms with E-state index in [2.05, 4.69) is 25.2 Å². The molecular formula is C41H44F5N5O4. The third-order valence-electron chi connectivity index (χ3n) is 11.3. The number of benzene rings is 3. The van der Waals surface area contributed by atoms with Gasteiger partial charge in [-0.3, -0.25) is 24.6 Å². The van der Waals surface area contributed by atoms with Crippen molar-refractivity contribution in [3.05, 3.63) is 88.3 Å². The second-order valence-electron chi connectivity index (χ2n) is 15.1. The van der Waals surface area contributed by atoms with Crippen LogP contribution < -0.4 is 25.8 Å². The first-order valence-electron chi connectivity index (χ1n) is 18.8. The summed E-state index contributed by atoms with van der Waals surface area (Å²) in [6, 6.07) is 12.7. The van der Waals surface area contributed by atoms with E-state index in [1.807, 2.05) is 0 Å². The van der Waals surface area contributed by atoms with Crippen molar-refractivity contribution >= 4 is 34.0 Å². The monoisotopic (exact) mass is 765 g/mol. The maximum absolute atomic E-state index is 15.2. The number of pyridine rings is 1. The number of carbonyl (C=O) groups excluding carboxylic acids is 2. The second kappa shape index (κ2) is 16.0. The smallest absolute Gasteiger partial charge is 0.405 e. The first-order valence-corrected chi connectivity index (χ1v) is 18.8. The number of aryl methyl sites for hydroxylation is 1. The third kappa shape index (κ3) is 9.12. The lowest BCUT2D eigenvalue weighted by Crippen LogP contribution is -2.47. The molecule has 3 saturated heterocycles. The number of anilines is 2. The third-order valence-corrected chi connectivity index (χ3v) is 11.3. The van der Waals surface area contributed by atoms with Crippen LogP contribution in [-0.2, 0) is 23.2 Å². The van der Waals surface area contributed by atoms with Crippen LogP contribution in [-0.4, -0.2) is 59.9 Å². The van der Waals surface area contributed by atoms with Gasteiger partial charge in [0.25, 0.3) is 5.56 Å². The molecule has 1 aromatic heterocycles. The predicted molar refractivity (Wildman–Crippen MR) is 200 cm³/mol. The van der Waals surface area contributed by atoms with E-state index >= 15 is 4.39 Å². The van der Waals surface area contributed by atoms with E-state index < -0.39 is 24.1 Å². The Labute approximate surface area is 315 Å². The minimum atomic E-state index is -4.91. The summed E-state index contributed by atoms with van der Waals surface area (Å²) in [6.07, 6.45) is 3.11. The molecule has 3 aromatic carbocycles. The molecule has 55 heavy (non-hydrogen) atoms. The molecule has 1 unspecified atom stereocenters. The highest BCUT2D eigenvalue weighted by molar-refractivity contribution is 6.01. The van der Waals surface area contributed by atoms with Gasteiger partial charge in [0.1, 0.15) is 23.4 Å². The Hall–Kier alpha value is -4.98. The van der Waals surface area contributed by atoms with Gasteiger partial charge >= 0.3 is 6.36 Å². The van der Waals surface area contributed by atoms with Crippen LogP contribution in [0.25, 0.3) is 21.9 Å². The van der Waals surface area contributed by atoms with Crippen LogP contribution in [0.15, 0.2) is 65.6 Å². The number of fused-ring (bicyclic) bond motifs is 1. The first kappa shape index (κ1) is 38.3. The number of piperidine rings is 3. The molecule has 0 spiro atoms. The molecule has 3 aliphatic rings. The highest BCUT2D eigenvalue weighted by Gasteiger charge is 2.33. The highest BCUT2D eigenvalue weighted by atomic mass is 19.4. The number of ether oxygens (including phenoxy) is 1. The summed E-state index contributed by atoms with van der Waals surface area (Å²) in [5.74, 6) is -0.890. The predicted octanol–water partition coefficient (Wildman–Crippen LogP) is 7.51. The number of nitrogens with one attached hydrogen (secondary N) is 2. The Kier molecular flexibility index (Phi) is 11.2. The molecule has 0 bridgehead atoms. The molecule has 9 nitrogen and oxygen atoms in total. The maximum Gasteiger partial charge on any atom is 0.573 e. The molecule has 2 N–H and O–H groups in total. The summed E-state index contributed by atoms with van der Waals surface area (Å²) in [5.41, 5.74) is 1.88. The van der Waals surface area contributed by atoms with E-state index in [1.54, 1.807) is 31.3 Å². The molecule has 4 aromatic rings. The highest BCUT2D eigenvalue weighted by Crippen LogP contribution is 2.36. The minimum Gasteiger partial charge on any atom is -0.405 e. The molecule has 14 heteroatoms. The van der Waals surface area contributed by atoms with Crippen molar-refractivity contribution in [1.29, 1.82) is 0 Å². The maximum atomic E-state index is 15.2.